The quantitative estimate of drug-likeness (QED) is 0.789. The zero-order chi connectivity index (χ0) is 11.9. The zero-order valence-electron chi connectivity index (χ0n) is 10.5. The van der Waals surface area contributed by atoms with Crippen molar-refractivity contribution in [2.75, 3.05) is 18.8 Å². The molecule has 1 atom stereocenters. The SMILES string of the molecule is O=C(CNC1CCCC1)NCC1CCCCS1. The molecule has 98 valence electrons. The van der Waals surface area contributed by atoms with Gasteiger partial charge in [0.2, 0.25) is 5.91 Å². The van der Waals surface area contributed by atoms with Crippen molar-refractivity contribution in [1.82, 2.24) is 10.6 Å². The van der Waals surface area contributed by atoms with Crippen LogP contribution in [0.5, 0.6) is 0 Å². The highest BCUT2D eigenvalue weighted by molar-refractivity contribution is 7.99. The Kier molecular flexibility index (Phi) is 5.65. The van der Waals surface area contributed by atoms with Gasteiger partial charge in [-0.3, -0.25) is 4.79 Å². The molecule has 0 radical (unpaired) electrons. The van der Waals surface area contributed by atoms with Crippen LogP contribution in [0.4, 0.5) is 0 Å². The summed E-state index contributed by atoms with van der Waals surface area (Å²) in [7, 11) is 0. The van der Waals surface area contributed by atoms with Gasteiger partial charge in [-0.25, -0.2) is 0 Å². The molecular weight excluding hydrogens is 232 g/mol. The van der Waals surface area contributed by atoms with E-state index >= 15 is 0 Å². The predicted molar refractivity (Wildman–Crippen MR) is 73.4 cm³/mol. The molecule has 0 aromatic heterocycles. The first-order valence-electron chi connectivity index (χ1n) is 6.96. The summed E-state index contributed by atoms with van der Waals surface area (Å²) in [5.41, 5.74) is 0. The number of amides is 1. The van der Waals surface area contributed by atoms with E-state index in [9.17, 15) is 4.79 Å². The van der Waals surface area contributed by atoms with Crippen LogP contribution in [-0.4, -0.2) is 36.0 Å². The first-order valence-corrected chi connectivity index (χ1v) is 8.01. The van der Waals surface area contributed by atoms with Crippen molar-refractivity contribution in [3.8, 4) is 0 Å². The molecular formula is C13H24N2OS. The lowest BCUT2D eigenvalue weighted by molar-refractivity contribution is -0.120. The molecule has 1 unspecified atom stereocenters. The minimum atomic E-state index is 0.170. The number of carbonyl (C=O) groups excluding carboxylic acids is 1. The Bertz CT molecular complexity index is 236. The maximum Gasteiger partial charge on any atom is 0.234 e. The summed E-state index contributed by atoms with van der Waals surface area (Å²) in [6.45, 7) is 1.36. The third kappa shape index (κ3) is 4.88. The Morgan fingerprint density at radius 2 is 1.88 bits per heavy atom. The van der Waals surface area contributed by atoms with Crippen molar-refractivity contribution in [3.05, 3.63) is 0 Å². The molecule has 1 saturated heterocycles. The summed E-state index contributed by atoms with van der Waals surface area (Å²) in [6.07, 6.45) is 9.06. The van der Waals surface area contributed by atoms with Crippen LogP contribution in [0.15, 0.2) is 0 Å². The molecule has 1 aliphatic carbocycles. The fourth-order valence-electron chi connectivity index (χ4n) is 2.63. The molecule has 1 amide bonds. The van der Waals surface area contributed by atoms with Crippen molar-refractivity contribution < 1.29 is 4.79 Å². The van der Waals surface area contributed by atoms with E-state index in [0.29, 0.717) is 17.8 Å². The zero-order valence-corrected chi connectivity index (χ0v) is 11.4. The molecule has 1 aliphatic heterocycles. The van der Waals surface area contributed by atoms with Gasteiger partial charge in [0.05, 0.1) is 6.54 Å². The number of carbonyl (C=O) groups is 1. The van der Waals surface area contributed by atoms with Crippen molar-refractivity contribution in [3.63, 3.8) is 0 Å². The maximum absolute atomic E-state index is 11.7. The van der Waals surface area contributed by atoms with Gasteiger partial charge in [-0.1, -0.05) is 19.3 Å². The Morgan fingerprint density at radius 3 is 2.59 bits per heavy atom. The number of nitrogens with one attached hydrogen (secondary N) is 2. The van der Waals surface area contributed by atoms with E-state index in [1.54, 1.807) is 0 Å². The Morgan fingerprint density at radius 1 is 1.12 bits per heavy atom. The van der Waals surface area contributed by atoms with Crippen molar-refractivity contribution in [2.45, 2.75) is 56.2 Å². The van der Waals surface area contributed by atoms with Gasteiger partial charge in [0.15, 0.2) is 0 Å². The van der Waals surface area contributed by atoms with Crippen LogP contribution in [-0.2, 0) is 4.79 Å². The summed E-state index contributed by atoms with van der Waals surface area (Å²) >= 11 is 2.01. The van der Waals surface area contributed by atoms with Crippen LogP contribution in [0.2, 0.25) is 0 Å². The molecule has 1 heterocycles. The van der Waals surface area contributed by atoms with Crippen LogP contribution in [0, 0.1) is 0 Å². The highest BCUT2D eigenvalue weighted by atomic mass is 32.2. The van der Waals surface area contributed by atoms with E-state index in [4.69, 9.17) is 0 Å². The lowest BCUT2D eigenvalue weighted by Crippen LogP contribution is -2.40. The van der Waals surface area contributed by atoms with E-state index in [-0.39, 0.29) is 5.91 Å². The topological polar surface area (TPSA) is 41.1 Å². The van der Waals surface area contributed by atoms with Crippen molar-refractivity contribution >= 4 is 17.7 Å². The Hall–Kier alpha value is -0.220. The molecule has 4 heteroatoms. The summed E-state index contributed by atoms with van der Waals surface area (Å²) in [6, 6.07) is 0.588. The maximum atomic E-state index is 11.7. The number of rotatable bonds is 5. The lowest BCUT2D eigenvalue weighted by Gasteiger charge is -2.21. The fraction of sp³-hybridized carbons (Fsp3) is 0.923. The summed E-state index contributed by atoms with van der Waals surface area (Å²) in [5.74, 6) is 1.43. The van der Waals surface area contributed by atoms with E-state index in [2.05, 4.69) is 10.6 Å². The van der Waals surface area contributed by atoms with Gasteiger partial charge in [-0.15, -0.1) is 0 Å². The second-order valence-electron chi connectivity index (χ2n) is 5.15. The smallest absolute Gasteiger partial charge is 0.234 e. The monoisotopic (exact) mass is 256 g/mol. The molecule has 2 N–H and O–H groups in total. The van der Waals surface area contributed by atoms with Gasteiger partial charge in [0, 0.05) is 17.8 Å². The molecule has 2 aliphatic rings. The van der Waals surface area contributed by atoms with E-state index < -0.39 is 0 Å². The van der Waals surface area contributed by atoms with Crippen LogP contribution < -0.4 is 10.6 Å². The van der Waals surface area contributed by atoms with E-state index in [0.717, 1.165) is 6.54 Å². The molecule has 2 fully saturated rings. The molecule has 0 aromatic rings. The van der Waals surface area contributed by atoms with E-state index in [1.165, 1.54) is 50.7 Å². The normalized spacial score (nSPS) is 26.0. The largest absolute Gasteiger partial charge is 0.354 e. The second-order valence-corrected chi connectivity index (χ2v) is 6.56. The van der Waals surface area contributed by atoms with Crippen LogP contribution in [0.3, 0.4) is 0 Å². The van der Waals surface area contributed by atoms with Gasteiger partial charge in [-0.05, 0) is 31.4 Å². The van der Waals surface area contributed by atoms with E-state index in [1.807, 2.05) is 11.8 Å². The third-order valence-corrected chi connectivity index (χ3v) is 5.11. The van der Waals surface area contributed by atoms with Crippen LogP contribution >= 0.6 is 11.8 Å². The lowest BCUT2D eigenvalue weighted by atomic mass is 10.2. The van der Waals surface area contributed by atoms with Gasteiger partial charge in [0.1, 0.15) is 0 Å². The average Bonchev–Trinajstić information content (AvgIpc) is 2.88. The molecule has 0 bridgehead atoms. The van der Waals surface area contributed by atoms with Gasteiger partial charge < -0.3 is 10.6 Å². The number of hydrogen-bond acceptors (Lipinski definition) is 3. The second kappa shape index (κ2) is 7.27. The average molecular weight is 256 g/mol. The molecule has 2 rings (SSSR count). The summed E-state index contributed by atoms with van der Waals surface area (Å²) < 4.78 is 0. The minimum Gasteiger partial charge on any atom is -0.354 e. The molecule has 17 heavy (non-hydrogen) atoms. The van der Waals surface area contributed by atoms with Gasteiger partial charge in [-0.2, -0.15) is 11.8 Å². The van der Waals surface area contributed by atoms with Gasteiger partial charge >= 0.3 is 0 Å². The highest BCUT2D eigenvalue weighted by Gasteiger charge is 2.17. The molecule has 3 nitrogen and oxygen atoms in total. The first kappa shape index (κ1) is 13.2. The van der Waals surface area contributed by atoms with Gasteiger partial charge in [0.25, 0.3) is 0 Å². The third-order valence-electron chi connectivity index (χ3n) is 3.71. The fourth-order valence-corrected chi connectivity index (χ4v) is 3.86. The highest BCUT2D eigenvalue weighted by Crippen LogP contribution is 2.24. The van der Waals surface area contributed by atoms with Crippen molar-refractivity contribution in [1.29, 1.82) is 0 Å². The Labute approximate surface area is 108 Å². The van der Waals surface area contributed by atoms with Crippen LogP contribution in [0.1, 0.15) is 44.9 Å². The summed E-state index contributed by atoms with van der Waals surface area (Å²) in [5, 5.41) is 7.06. The van der Waals surface area contributed by atoms with Crippen LogP contribution in [0.25, 0.3) is 0 Å². The minimum absolute atomic E-state index is 0.170. The predicted octanol–water partition coefficient (Wildman–Crippen LogP) is 1.92. The standard InChI is InChI=1S/C13H24N2OS/c16-13(10-14-11-5-1-2-6-11)15-9-12-7-3-4-8-17-12/h11-12,14H,1-10H2,(H,15,16). The number of thioether (sulfide) groups is 1. The summed E-state index contributed by atoms with van der Waals surface area (Å²) in [4.78, 5) is 11.7. The molecule has 1 saturated carbocycles. The molecule has 0 aromatic carbocycles. The van der Waals surface area contributed by atoms with Crippen molar-refractivity contribution in [2.24, 2.45) is 0 Å². The molecule has 0 spiro atoms. The number of hydrogen-bond donors (Lipinski definition) is 2. The Balaban J connectivity index is 1.53. The first-order chi connectivity index (χ1) is 8.34.